The summed E-state index contributed by atoms with van der Waals surface area (Å²) < 4.78 is 0. The highest BCUT2D eigenvalue weighted by molar-refractivity contribution is 4.91. The van der Waals surface area contributed by atoms with Crippen molar-refractivity contribution in [2.75, 3.05) is 6.61 Å². The Bertz CT molecular complexity index is 232. The lowest BCUT2D eigenvalue weighted by atomic mass is 9.61. The van der Waals surface area contributed by atoms with E-state index >= 15 is 0 Å². The Labute approximate surface area is 120 Å². The van der Waals surface area contributed by atoms with Gasteiger partial charge in [0, 0.05) is 6.61 Å². The molecule has 2 saturated carbocycles. The first-order valence-electron chi connectivity index (χ1n) is 8.91. The predicted octanol–water partition coefficient (Wildman–Crippen LogP) is 5.32. The summed E-state index contributed by atoms with van der Waals surface area (Å²) in [5.74, 6) is 1.79. The van der Waals surface area contributed by atoms with Gasteiger partial charge in [0.15, 0.2) is 0 Å². The van der Waals surface area contributed by atoms with Gasteiger partial charge in [-0.15, -0.1) is 0 Å². The molecule has 0 heterocycles. The van der Waals surface area contributed by atoms with Gasteiger partial charge in [-0.1, -0.05) is 51.9 Å². The van der Waals surface area contributed by atoms with Crippen molar-refractivity contribution in [3.8, 4) is 0 Å². The molecule has 0 unspecified atom stereocenters. The number of hydrogen-bond acceptors (Lipinski definition) is 1. The van der Waals surface area contributed by atoms with Crippen LogP contribution in [0.5, 0.6) is 0 Å². The van der Waals surface area contributed by atoms with Crippen molar-refractivity contribution in [1.29, 1.82) is 0 Å². The van der Waals surface area contributed by atoms with E-state index in [1.165, 1.54) is 83.5 Å². The van der Waals surface area contributed by atoms with Gasteiger partial charge in [0.2, 0.25) is 0 Å². The van der Waals surface area contributed by atoms with Crippen LogP contribution in [0.15, 0.2) is 0 Å². The highest BCUT2D eigenvalue weighted by Crippen LogP contribution is 2.49. The van der Waals surface area contributed by atoms with E-state index in [0.29, 0.717) is 12.0 Å². The second kappa shape index (κ2) is 7.67. The van der Waals surface area contributed by atoms with Gasteiger partial charge in [-0.25, -0.2) is 0 Å². The molecule has 19 heavy (non-hydrogen) atoms. The quantitative estimate of drug-likeness (QED) is 0.668. The number of aliphatic hydroxyl groups excluding tert-OH is 1. The maximum Gasteiger partial charge on any atom is 0.0490 e. The molecular weight excluding hydrogens is 232 g/mol. The third kappa shape index (κ3) is 3.97. The maximum absolute atomic E-state index is 10.0. The van der Waals surface area contributed by atoms with Crippen molar-refractivity contribution in [2.45, 2.75) is 90.4 Å². The molecule has 1 heteroatoms. The molecule has 2 aliphatic rings. The summed E-state index contributed by atoms with van der Waals surface area (Å²) in [6.45, 7) is 2.75. The lowest BCUT2D eigenvalue weighted by molar-refractivity contribution is 0.00131. The maximum atomic E-state index is 10.0. The van der Waals surface area contributed by atoms with Crippen molar-refractivity contribution < 1.29 is 5.11 Å². The molecule has 0 radical (unpaired) electrons. The number of hydrogen-bond donors (Lipinski definition) is 1. The zero-order valence-corrected chi connectivity index (χ0v) is 13.0. The van der Waals surface area contributed by atoms with Gasteiger partial charge in [-0.05, 0) is 55.8 Å². The molecule has 0 aromatic heterocycles. The van der Waals surface area contributed by atoms with Crippen molar-refractivity contribution >= 4 is 0 Å². The lowest BCUT2D eigenvalue weighted by Crippen LogP contribution is -2.38. The summed E-state index contributed by atoms with van der Waals surface area (Å²) in [6, 6.07) is 0. The lowest BCUT2D eigenvalue weighted by Gasteiger charge is -2.44. The Morgan fingerprint density at radius 1 is 0.947 bits per heavy atom. The van der Waals surface area contributed by atoms with Gasteiger partial charge in [-0.3, -0.25) is 0 Å². The largest absolute Gasteiger partial charge is 0.396 e. The van der Waals surface area contributed by atoms with Crippen molar-refractivity contribution in [3.05, 3.63) is 0 Å². The van der Waals surface area contributed by atoms with Gasteiger partial charge in [0.25, 0.3) is 0 Å². The van der Waals surface area contributed by atoms with Crippen LogP contribution in [0.1, 0.15) is 90.4 Å². The topological polar surface area (TPSA) is 20.2 Å². The average Bonchev–Trinajstić information content (AvgIpc) is 2.75. The summed E-state index contributed by atoms with van der Waals surface area (Å²) in [5.41, 5.74) is 0.313. The van der Waals surface area contributed by atoms with E-state index in [1.807, 2.05) is 0 Å². The molecule has 2 rings (SSSR count). The first-order chi connectivity index (χ1) is 9.30. The smallest absolute Gasteiger partial charge is 0.0490 e. The monoisotopic (exact) mass is 266 g/mol. The summed E-state index contributed by atoms with van der Waals surface area (Å²) in [7, 11) is 0. The van der Waals surface area contributed by atoms with E-state index in [-0.39, 0.29) is 0 Å². The van der Waals surface area contributed by atoms with E-state index in [4.69, 9.17) is 0 Å². The minimum Gasteiger partial charge on any atom is -0.396 e. The summed E-state index contributed by atoms with van der Waals surface area (Å²) in [5, 5.41) is 10.0. The molecule has 2 aliphatic carbocycles. The van der Waals surface area contributed by atoms with Crippen LogP contribution in [-0.4, -0.2) is 11.7 Å². The van der Waals surface area contributed by atoms with Crippen molar-refractivity contribution in [1.82, 2.24) is 0 Å². The Morgan fingerprint density at radius 2 is 1.58 bits per heavy atom. The van der Waals surface area contributed by atoms with Crippen LogP contribution in [0.3, 0.4) is 0 Å². The third-order valence-electron chi connectivity index (χ3n) is 6.10. The van der Waals surface area contributed by atoms with E-state index in [9.17, 15) is 5.11 Å². The predicted molar refractivity (Wildman–Crippen MR) is 82.2 cm³/mol. The van der Waals surface area contributed by atoms with E-state index < -0.39 is 0 Å². The first kappa shape index (κ1) is 15.4. The fraction of sp³-hybridized carbons (Fsp3) is 1.00. The minimum atomic E-state index is 0.313. The van der Waals surface area contributed by atoms with Crippen molar-refractivity contribution in [3.63, 3.8) is 0 Å². The SMILES string of the molecule is CCCCC1CCC(CO)(C2CCCCCC2)CC1. The number of unbranched alkanes of at least 4 members (excludes halogenated alkanes) is 1. The molecule has 0 aromatic carbocycles. The fourth-order valence-corrected chi connectivity index (χ4v) is 4.62. The van der Waals surface area contributed by atoms with Gasteiger partial charge >= 0.3 is 0 Å². The van der Waals surface area contributed by atoms with Crippen LogP contribution in [0.4, 0.5) is 0 Å². The normalized spacial score (nSPS) is 34.1. The highest BCUT2D eigenvalue weighted by atomic mass is 16.3. The van der Waals surface area contributed by atoms with Gasteiger partial charge in [0.1, 0.15) is 0 Å². The van der Waals surface area contributed by atoms with E-state index in [2.05, 4.69) is 6.92 Å². The van der Waals surface area contributed by atoms with Crippen LogP contribution < -0.4 is 0 Å². The zero-order chi connectivity index (χ0) is 13.6. The number of aliphatic hydroxyl groups is 1. The minimum absolute atomic E-state index is 0.313. The Hall–Kier alpha value is -0.0400. The second-order valence-corrected chi connectivity index (χ2v) is 7.29. The summed E-state index contributed by atoms with van der Waals surface area (Å²) in [6.07, 6.45) is 18.0. The molecule has 0 bridgehead atoms. The third-order valence-corrected chi connectivity index (χ3v) is 6.10. The molecule has 1 nitrogen and oxygen atoms in total. The van der Waals surface area contributed by atoms with E-state index in [0.717, 1.165) is 11.8 Å². The molecule has 0 aromatic rings. The Balaban J connectivity index is 1.89. The molecule has 1 N–H and O–H groups in total. The van der Waals surface area contributed by atoms with Crippen LogP contribution in [-0.2, 0) is 0 Å². The van der Waals surface area contributed by atoms with Crippen LogP contribution in [0, 0.1) is 17.3 Å². The second-order valence-electron chi connectivity index (χ2n) is 7.29. The fourth-order valence-electron chi connectivity index (χ4n) is 4.62. The van der Waals surface area contributed by atoms with Crippen LogP contribution in [0.25, 0.3) is 0 Å². The molecule has 0 saturated heterocycles. The summed E-state index contributed by atoms with van der Waals surface area (Å²) in [4.78, 5) is 0. The van der Waals surface area contributed by atoms with Crippen molar-refractivity contribution in [2.24, 2.45) is 17.3 Å². The Kier molecular flexibility index (Phi) is 6.19. The molecule has 0 amide bonds. The van der Waals surface area contributed by atoms with Crippen LogP contribution in [0.2, 0.25) is 0 Å². The van der Waals surface area contributed by atoms with E-state index in [1.54, 1.807) is 0 Å². The van der Waals surface area contributed by atoms with Gasteiger partial charge in [-0.2, -0.15) is 0 Å². The molecule has 2 fully saturated rings. The van der Waals surface area contributed by atoms with Gasteiger partial charge in [0.05, 0.1) is 0 Å². The first-order valence-corrected chi connectivity index (χ1v) is 8.91. The standard InChI is InChI=1S/C18H34O/c1-2-3-8-16-11-13-18(15-19,14-12-16)17-9-6-4-5-7-10-17/h16-17,19H,2-15H2,1H3. The Morgan fingerprint density at radius 3 is 2.11 bits per heavy atom. The molecule has 0 atom stereocenters. The molecule has 0 spiro atoms. The number of rotatable bonds is 5. The zero-order valence-electron chi connectivity index (χ0n) is 13.0. The van der Waals surface area contributed by atoms with Gasteiger partial charge < -0.3 is 5.11 Å². The average molecular weight is 266 g/mol. The molecule has 0 aliphatic heterocycles. The van der Waals surface area contributed by atoms with Crippen LogP contribution >= 0.6 is 0 Å². The summed E-state index contributed by atoms with van der Waals surface area (Å²) >= 11 is 0. The molecule has 112 valence electrons. The highest BCUT2D eigenvalue weighted by Gasteiger charge is 2.40. The molecular formula is C18H34O.